The van der Waals surface area contributed by atoms with E-state index in [2.05, 4.69) is 42.1 Å². The second-order valence-corrected chi connectivity index (χ2v) is 9.21. The van der Waals surface area contributed by atoms with E-state index in [4.69, 9.17) is 11.6 Å². The van der Waals surface area contributed by atoms with E-state index in [1.807, 2.05) is 38.1 Å². The van der Waals surface area contributed by atoms with Crippen LogP contribution in [0.3, 0.4) is 0 Å². The fourth-order valence-corrected chi connectivity index (χ4v) is 3.85. The van der Waals surface area contributed by atoms with Crippen LogP contribution in [-0.2, 0) is 4.79 Å². The van der Waals surface area contributed by atoms with Gasteiger partial charge in [0.05, 0.1) is 0 Å². The van der Waals surface area contributed by atoms with Gasteiger partial charge in [-0.15, -0.1) is 10.2 Å². The number of aromatic nitrogens is 2. The van der Waals surface area contributed by atoms with Crippen LogP contribution in [0.4, 0.5) is 15.6 Å². The first-order valence-electron chi connectivity index (χ1n) is 9.59. The zero-order valence-corrected chi connectivity index (χ0v) is 20.0. The van der Waals surface area contributed by atoms with Crippen molar-refractivity contribution in [1.29, 1.82) is 0 Å². The van der Waals surface area contributed by atoms with Crippen molar-refractivity contribution in [2.24, 2.45) is 5.92 Å². The highest BCUT2D eigenvalue weighted by Gasteiger charge is 2.27. The average Bonchev–Trinajstić information content (AvgIpc) is 3.22. The van der Waals surface area contributed by atoms with Gasteiger partial charge in [-0.1, -0.05) is 71.3 Å². The van der Waals surface area contributed by atoms with Crippen LogP contribution in [0.5, 0.6) is 0 Å². The highest BCUT2D eigenvalue weighted by atomic mass is 79.9. The third-order valence-corrected chi connectivity index (χ3v) is 6.30. The molecule has 2 atom stereocenters. The number of nitrogens with one attached hydrogen (secondary N) is 3. The number of amides is 3. The molecule has 0 fully saturated rings. The molecule has 1 heterocycles. The number of halogens is 2. The average molecular weight is 523 g/mol. The molecule has 0 saturated carbocycles. The molecule has 31 heavy (non-hydrogen) atoms. The molecule has 0 radical (unpaired) electrons. The molecule has 2 unspecified atom stereocenters. The summed E-state index contributed by atoms with van der Waals surface area (Å²) in [5, 5.41) is 18.1. The van der Waals surface area contributed by atoms with Crippen molar-refractivity contribution in [1.82, 2.24) is 15.5 Å². The lowest BCUT2D eigenvalue weighted by atomic mass is 9.98. The maximum atomic E-state index is 12.9. The number of hydrogen-bond acceptors (Lipinski definition) is 5. The van der Waals surface area contributed by atoms with Crippen LogP contribution in [0.2, 0.25) is 5.02 Å². The Morgan fingerprint density at radius 3 is 2.39 bits per heavy atom. The predicted octanol–water partition coefficient (Wildman–Crippen LogP) is 5.80. The molecule has 0 spiro atoms. The highest BCUT2D eigenvalue weighted by molar-refractivity contribution is 9.10. The molecule has 162 valence electrons. The molecule has 0 bridgehead atoms. The topological polar surface area (TPSA) is 96.0 Å². The van der Waals surface area contributed by atoms with Crippen LogP contribution in [-0.4, -0.2) is 28.2 Å². The predicted molar refractivity (Wildman–Crippen MR) is 129 cm³/mol. The quantitative estimate of drug-likeness (QED) is 0.366. The largest absolute Gasteiger partial charge is 0.326 e. The first-order valence-corrected chi connectivity index (χ1v) is 11.6. The van der Waals surface area contributed by atoms with Crippen molar-refractivity contribution in [3.05, 3.63) is 58.0 Å². The summed E-state index contributed by atoms with van der Waals surface area (Å²) in [6.07, 6.45) is 0.711. The summed E-state index contributed by atoms with van der Waals surface area (Å²) in [5.41, 5.74) is 1.48. The number of anilines is 2. The first kappa shape index (κ1) is 23.2. The Labute approximate surface area is 197 Å². The van der Waals surface area contributed by atoms with Gasteiger partial charge in [0.1, 0.15) is 11.0 Å². The molecule has 0 saturated heterocycles. The SMILES string of the molecule is CCC(C)C(NC(=O)Nc1ccc(Br)cc1)C(=O)Nc1nnc(-c2ccc(Cl)cc2)s1. The van der Waals surface area contributed by atoms with Gasteiger partial charge in [-0.3, -0.25) is 10.1 Å². The second kappa shape index (κ2) is 10.7. The Balaban J connectivity index is 1.66. The molecule has 3 rings (SSSR count). The summed E-state index contributed by atoms with van der Waals surface area (Å²) in [7, 11) is 0. The van der Waals surface area contributed by atoms with E-state index in [-0.39, 0.29) is 11.8 Å². The molecule has 3 amide bonds. The van der Waals surface area contributed by atoms with Crippen LogP contribution < -0.4 is 16.0 Å². The summed E-state index contributed by atoms with van der Waals surface area (Å²) in [5.74, 6) is -0.432. The van der Waals surface area contributed by atoms with Crippen LogP contribution >= 0.6 is 38.9 Å². The van der Waals surface area contributed by atoms with Gasteiger partial charge in [0.2, 0.25) is 11.0 Å². The summed E-state index contributed by atoms with van der Waals surface area (Å²) >= 11 is 10.5. The molecule has 2 aromatic carbocycles. The maximum absolute atomic E-state index is 12.9. The summed E-state index contributed by atoms with van der Waals surface area (Å²) in [6, 6.07) is 13.2. The van der Waals surface area contributed by atoms with Gasteiger partial charge in [-0.2, -0.15) is 0 Å². The van der Waals surface area contributed by atoms with Crippen LogP contribution in [0.25, 0.3) is 10.6 Å². The lowest BCUT2D eigenvalue weighted by Gasteiger charge is -2.23. The van der Waals surface area contributed by atoms with Gasteiger partial charge >= 0.3 is 6.03 Å². The van der Waals surface area contributed by atoms with Crippen molar-refractivity contribution < 1.29 is 9.59 Å². The fraction of sp³-hybridized carbons (Fsp3) is 0.238. The van der Waals surface area contributed by atoms with Gasteiger partial charge in [-0.25, -0.2) is 4.79 Å². The van der Waals surface area contributed by atoms with Gasteiger partial charge in [-0.05, 0) is 42.3 Å². The molecule has 0 aliphatic rings. The zero-order chi connectivity index (χ0) is 22.4. The minimum absolute atomic E-state index is 0.0840. The number of carbonyl (C=O) groups is 2. The van der Waals surface area contributed by atoms with E-state index in [9.17, 15) is 9.59 Å². The molecule has 10 heteroatoms. The molecule has 1 aromatic heterocycles. The van der Waals surface area contributed by atoms with Crippen molar-refractivity contribution >= 4 is 61.6 Å². The zero-order valence-electron chi connectivity index (χ0n) is 16.9. The minimum Gasteiger partial charge on any atom is -0.326 e. The molecule has 3 N–H and O–H groups in total. The lowest BCUT2D eigenvalue weighted by molar-refractivity contribution is -0.119. The van der Waals surface area contributed by atoms with Crippen LogP contribution in [0, 0.1) is 5.92 Å². The number of urea groups is 1. The molecule has 7 nitrogen and oxygen atoms in total. The van der Waals surface area contributed by atoms with E-state index in [1.165, 1.54) is 11.3 Å². The van der Waals surface area contributed by atoms with Crippen LogP contribution in [0.1, 0.15) is 20.3 Å². The molecular formula is C21H21BrClN5O2S. The Morgan fingerprint density at radius 2 is 1.74 bits per heavy atom. The minimum atomic E-state index is -0.733. The third kappa shape index (κ3) is 6.49. The smallest absolute Gasteiger partial charge is 0.319 e. The van der Waals surface area contributed by atoms with Crippen LogP contribution in [0.15, 0.2) is 53.0 Å². The third-order valence-electron chi connectivity index (χ3n) is 4.63. The Hall–Kier alpha value is -2.49. The number of nitrogens with zero attached hydrogens (tertiary/aromatic N) is 2. The summed E-state index contributed by atoms with van der Waals surface area (Å²) in [6.45, 7) is 3.87. The van der Waals surface area contributed by atoms with E-state index >= 15 is 0 Å². The Morgan fingerprint density at radius 1 is 1.06 bits per heavy atom. The van der Waals surface area contributed by atoms with Gasteiger partial charge in [0, 0.05) is 20.7 Å². The van der Waals surface area contributed by atoms with E-state index in [0.717, 1.165) is 10.0 Å². The van der Waals surface area contributed by atoms with Gasteiger partial charge < -0.3 is 10.6 Å². The summed E-state index contributed by atoms with van der Waals surface area (Å²) in [4.78, 5) is 25.3. The lowest BCUT2D eigenvalue weighted by Crippen LogP contribution is -2.49. The van der Waals surface area contributed by atoms with Gasteiger partial charge in [0.25, 0.3) is 0 Å². The second-order valence-electron chi connectivity index (χ2n) is 6.88. The van der Waals surface area contributed by atoms with Crippen molar-refractivity contribution in [3.63, 3.8) is 0 Å². The number of hydrogen-bond donors (Lipinski definition) is 3. The summed E-state index contributed by atoms with van der Waals surface area (Å²) < 4.78 is 0.908. The van der Waals surface area contributed by atoms with Crippen molar-refractivity contribution in [2.45, 2.75) is 26.3 Å². The monoisotopic (exact) mass is 521 g/mol. The maximum Gasteiger partial charge on any atom is 0.319 e. The van der Waals surface area contributed by atoms with E-state index in [1.54, 1.807) is 24.3 Å². The van der Waals surface area contributed by atoms with E-state index < -0.39 is 12.1 Å². The molecule has 0 aliphatic carbocycles. The highest BCUT2D eigenvalue weighted by Crippen LogP contribution is 2.27. The fourth-order valence-electron chi connectivity index (χ4n) is 2.71. The first-order chi connectivity index (χ1) is 14.9. The normalized spacial score (nSPS) is 12.6. The Kier molecular flexibility index (Phi) is 8.00. The molecule has 3 aromatic rings. The van der Waals surface area contributed by atoms with E-state index in [0.29, 0.717) is 27.3 Å². The number of rotatable bonds is 7. The van der Waals surface area contributed by atoms with Gasteiger partial charge in [0.15, 0.2) is 0 Å². The molecule has 0 aliphatic heterocycles. The Bertz CT molecular complexity index is 1040. The number of carbonyl (C=O) groups excluding carboxylic acids is 2. The van der Waals surface area contributed by atoms with Crippen molar-refractivity contribution in [3.8, 4) is 10.6 Å². The molecular weight excluding hydrogens is 502 g/mol. The number of benzene rings is 2. The van der Waals surface area contributed by atoms with Crippen molar-refractivity contribution in [2.75, 3.05) is 10.6 Å². The standard InChI is InChI=1S/C21H21BrClN5O2S/c1-3-12(2)17(25-20(30)24-16-10-6-14(22)7-11-16)18(29)26-21-28-27-19(31-21)13-4-8-15(23)9-5-13/h4-12,17H,3H2,1-2H3,(H2,24,25,30)(H,26,28,29).